The van der Waals surface area contributed by atoms with Gasteiger partial charge >= 0.3 is 5.97 Å². The molecule has 2 aromatic rings. The van der Waals surface area contributed by atoms with Crippen LogP contribution in [0.5, 0.6) is 5.75 Å². The number of aliphatic hydroxyl groups excluding tert-OH is 1. The third kappa shape index (κ3) is 10.6. The number of aromatic hydroxyl groups is 1. The quantitative estimate of drug-likeness (QED) is 0.0553. The molecular formula is C24H35N9O7. The van der Waals surface area contributed by atoms with Crippen molar-refractivity contribution in [2.45, 2.75) is 49.9 Å². The van der Waals surface area contributed by atoms with Gasteiger partial charge in [0.15, 0.2) is 5.96 Å². The normalized spacial score (nSPS) is 13.8. The van der Waals surface area contributed by atoms with Crippen LogP contribution in [-0.2, 0) is 32.0 Å². The predicted molar refractivity (Wildman–Crippen MR) is 143 cm³/mol. The minimum absolute atomic E-state index is 0.0532. The Morgan fingerprint density at radius 3 is 2.15 bits per heavy atom. The molecule has 4 unspecified atom stereocenters. The number of benzene rings is 1. The van der Waals surface area contributed by atoms with Crippen molar-refractivity contribution in [3.8, 4) is 5.75 Å². The summed E-state index contributed by atoms with van der Waals surface area (Å²) in [7, 11) is 0. The van der Waals surface area contributed by atoms with Crippen LogP contribution in [0.2, 0.25) is 0 Å². The summed E-state index contributed by atoms with van der Waals surface area (Å²) < 4.78 is 0. The first-order valence-corrected chi connectivity index (χ1v) is 12.3. The van der Waals surface area contributed by atoms with Crippen molar-refractivity contribution in [2.24, 2.45) is 22.2 Å². The third-order valence-corrected chi connectivity index (χ3v) is 5.72. The Labute approximate surface area is 229 Å². The van der Waals surface area contributed by atoms with Crippen molar-refractivity contribution in [3.63, 3.8) is 0 Å². The maximum Gasteiger partial charge on any atom is 0.326 e. The molecule has 0 saturated heterocycles. The lowest BCUT2D eigenvalue weighted by Gasteiger charge is -2.24. The van der Waals surface area contributed by atoms with E-state index in [1.807, 2.05) is 0 Å². The largest absolute Gasteiger partial charge is 0.508 e. The first-order valence-electron chi connectivity index (χ1n) is 12.3. The van der Waals surface area contributed by atoms with E-state index in [9.17, 15) is 34.5 Å². The summed E-state index contributed by atoms with van der Waals surface area (Å²) in [5.74, 6) is -3.86. The standard InChI is InChI=1S/C24H35N9O7/c25-16(8-13-3-5-15(35)6-4-13)20(36)31-17(2-1-7-29-24(26)27)21(37)33-19(11-34)22(38)32-18(23(39)40)9-14-10-28-12-30-14/h3-6,10,12,16-19,34-35H,1-2,7-9,11,25H2,(H,28,30)(H,31,36)(H,32,38)(H,33,37)(H,39,40)(H4,26,27,29). The minimum Gasteiger partial charge on any atom is -0.508 e. The van der Waals surface area contributed by atoms with Crippen LogP contribution in [0.1, 0.15) is 24.1 Å². The molecule has 1 aromatic carbocycles. The number of carbonyl (C=O) groups excluding carboxylic acids is 3. The number of rotatable bonds is 16. The number of carboxylic acids is 1. The Morgan fingerprint density at radius 1 is 0.950 bits per heavy atom. The van der Waals surface area contributed by atoms with Gasteiger partial charge in [0.05, 0.1) is 19.0 Å². The Balaban J connectivity index is 2.07. The zero-order chi connectivity index (χ0) is 29.7. The van der Waals surface area contributed by atoms with Crippen LogP contribution >= 0.6 is 0 Å². The van der Waals surface area contributed by atoms with Crippen LogP contribution < -0.4 is 33.2 Å². The van der Waals surface area contributed by atoms with Gasteiger partial charge in [-0.2, -0.15) is 0 Å². The van der Waals surface area contributed by atoms with Gasteiger partial charge in [0.25, 0.3) is 0 Å². The van der Waals surface area contributed by atoms with Gasteiger partial charge in [-0.1, -0.05) is 12.1 Å². The molecule has 4 atom stereocenters. The zero-order valence-electron chi connectivity index (χ0n) is 21.6. The molecule has 0 radical (unpaired) electrons. The Morgan fingerprint density at radius 2 is 1.57 bits per heavy atom. The number of aliphatic hydroxyl groups is 1. The number of hydrogen-bond acceptors (Lipinski definition) is 9. The van der Waals surface area contributed by atoms with Crippen molar-refractivity contribution >= 4 is 29.7 Å². The molecule has 3 amide bonds. The van der Waals surface area contributed by atoms with E-state index in [1.165, 1.54) is 24.7 Å². The van der Waals surface area contributed by atoms with Gasteiger partial charge in [-0.3, -0.25) is 19.4 Å². The second kappa shape index (κ2) is 15.6. The van der Waals surface area contributed by atoms with E-state index in [4.69, 9.17) is 17.2 Å². The van der Waals surface area contributed by atoms with Crippen molar-refractivity contribution in [2.75, 3.05) is 13.2 Å². The van der Waals surface area contributed by atoms with Crippen LogP contribution in [0.15, 0.2) is 41.8 Å². The highest BCUT2D eigenvalue weighted by atomic mass is 16.4. The van der Waals surface area contributed by atoms with Gasteiger partial charge in [0.2, 0.25) is 17.7 Å². The van der Waals surface area contributed by atoms with Crippen molar-refractivity contribution < 1.29 is 34.5 Å². The predicted octanol–water partition coefficient (Wildman–Crippen LogP) is -3.19. The summed E-state index contributed by atoms with van der Waals surface area (Å²) in [6, 6.07) is 0.980. The second-order valence-corrected chi connectivity index (χ2v) is 8.91. The Hall–Kier alpha value is -4.70. The van der Waals surface area contributed by atoms with Crippen molar-refractivity contribution in [3.05, 3.63) is 48.0 Å². The topological polar surface area (TPSA) is 284 Å². The highest BCUT2D eigenvalue weighted by molar-refractivity contribution is 5.94. The number of carbonyl (C=O) groups is 4. The number of guanidine groups is 1. The highest BCUT2D eigenvalue weighted by Crippen LogP contribution is 2.11. The van der Waals surface area contributed by atoms with Gasteiger partial charge in [-0.05, 0) is 37.0 Å². The minimum atomic E-state index is -1.51. The lowest BCUT2D eigenvalue weighted by Crippen LogP contribution is -2.58. The molecule has 0 aliphatic carbocycles. The summed E-state index contributed by atoms with van der Waals surface area (Å²) in [6.45, 7) is -0.692. The summed E-state index contributed by atoms with van der Waals surface area (Å²) >= 11 is 0. The SMILES string of the molecule is NC(N)=NCCCC(NC(=O)C(N)Cc1ccc(O)cc1)C(=O)NC(CO)C(=O)NC(Cc1cnc[nH]1)C(=O)O. The first kappa shape index (κ1) is 31.5. The molecule has 16 heteroatoms. The number of nitrogens with one attached hydrogen (secondary N) is 4. The van der Waals surface area contributed by atoms with Crippen LogP contribution in [0.25, 0.3) is 0 Å². The average molecular weight is 562 g/mol. The second-order valence-electron chi connectivity index (χ2n) is 8.91. The van der Waals surface area contributed by atoms with Crippen molar-refractivity contribution in [1.82, 2.24) is 25.9 Å². The van der Waals surface area contributed by atoms with E-state index in [0.29, 0.717) is 11.3 Å². The molecule has 218 valence electrons. The maximum atomic E-state index is 13.1. The molecule has 13 N–H and O–H groups in total. The number of imidazole rings is 1. The molecule has 0 spiro atoms. The van der Waals surface area contributed by atoms with Crippen LogP contribution in [0.4, 0.5) is 0 Å². The van der Waals surface area contributed by atoms with Crippen LogP contribution in [-0.4, -0.2) is 92.3 Å². The Kier molecular flexibility index (Phi) is 12.3. The van der Waals surface area contributed by atoms with E-state index in [-0.39, 0.29) is 43.9 Å². The summed E-state index contributed by atoms with van der Waals surface area (Å²) in [4.78, 5) is 60.6. The number of nitrogens with zero attached hydrogens (tertiary/aromatic N) is 2. The molecule has 2 rings (SSSR count). The fourth-order valence-corrected chi connectivity index (χ4v) is 3.58. The van der Waals surface area contributed by atoms with Crippen molar-refractivity contribution in [1.29, 1.82) is 0 Å². The van der Waals surface area contributed by atoms with Crippen LogP contribution in [0, 0.1) is 0 Å². The van der Waals surface area contributed by atoms with E-state index in [2.05, 4.69) is 30.9 Å². The molecule has 0 aliphatic rings. The summed E-state index contributed by atoms with van der Waals surface area (Å²) in [5.41, 5.74) is 17.8. The Bertz CT molecular complexity index is 1150. The number of phenolic OH excluding ortho intramolecular Hbond substituents is 1. The lowest BCUT2D eigenvalue weighted by molar-refractivity contribution is -0.142. The number of aliphatic imine (C=N–C) groups is 1. The first-order chi connectivity index (χ1) is 19.0. The monoisotopic (exact) mass is 561 g/mol. The molecule has 1 heterocycles. The number of carboxylic acid groups (broad SMARTS) is 1. The molecule has 0 aliphatic heterocycles. The van der Waals surface area contributed by atoms with Gasteiger partial charge in [-0.15, -0.1) is 0 Å². The number of amides is 3. The van der Waals surface area contributed by atoms with E-state index in [0.717, 1.165) is 0 Å². The molecule has 40 heavy (non-hydrogen) atoms. The van der Waals surface area contributed by atoms with E-state index >= 15 is 0 Å². The van der Waals surface area contributed by atoms with E-state index < -0.39 is 54.5 Å². The number of phenols is 1. The fraction of sp³-hybridized carbons (Fsp3) is 0.417. The molecule has 16 nitrogen and oxygen atoms in total. The molecular weight excluding hydrogens is 526 g/mol. The number of aromatic amines is 1. The van der Waals surface area contributed by atoms with Gasteiger partial charge in [-0.25, -0.2) is 9.78 Å². The summed E-state index contributed by atoms with van der Waals surface area (Å²) in [5, 5.41) is 35.8. The van der Waals surface area contributed by atoms with Crippen LogP contribution in [0.3, 0.4) is 0 Å². The fourth-order valence-electron chi connectivity index (χ4n) is 3.58. The molecule has 0 bridgehead atoms. The number of aromatic nitrogens is 2. The van der Waals surface area contributed by atoms with Gasteiger partial charge in [0.1, 0.15) is 23.9 Å². The van der Waals surface area contributed by atoms with E-state index in [1.54, 1.807) is 12.1 Å². The average Bonchev–Trinajstić information content (AvgIpc) is 3.42. The molecule has 1 aromatic heterocycles. The third-order valence-electron chi connectivity index (χ3n) is 5.72. The number of H-pyrrole nitrogens is 1. The highest BCUT2D eigenvalue weighted by Gasteiger charge is 2.30. The molecule has 0 saturated carbocycles. The number of nitrogens with two attached hydrogens (primary N) is 3. The maximum absolute atomic E-state index is 13.1. The lowest BCUT2D eigenvalue weighted by atomic mass is 10.0. The summed E-state index contributed by atoms with van der Waals surface area (Å²) in [6.07, 6.45) is 3.07. The smallest absolute Gasteiger partial charge is 0.326 e. The zero-order valence-corrected chi connectivity index (χ0v) is 21.6. The number of hydrogen-bond donors (Lipinski definition) is 10. The molecule has 0 fully saturated rings. The van der Waals surface area contributed by atoms with Gasteiger partial charge < -0.3 is 53.5 Å². The number of aliphatic carboxylic acids is 1. The van der Waals surface area contributed by atoms with Gasteiger partial charge in [0, 0.05) is 24.9 Å².